The SMILES string of the molecule is CCSC1CC(C(C)(C)CO)Nc2ccc([N+](=O)[O-])cc21. The molecule has 21 heavy (non-hydrogen) atoms. The molecular formula is C15H22N2O3S. The Kier molecular flexibility index (Phi) is 4.78. The summed E-state index contributed by atoms with van der Waals surface area (Å²) in [5.74, 6) is 0.957. The first kappa shape index (κ1) is 16.1. The van der Waals surface area contributed by atoms with Gasteiger partial charge in [0.25, 0.3) is 5.69 Å². The zero-order valence-corrected chi connectivity index (χ0v) is 13.4. The number of rotatable bonds is 5. The van der Waals surface area contributed by atoms with E-state index in [-0.39, 0.29) is 33.9 Å². The molecule has 2 unspecified atom stereocenters. The molecule has 2 rings (SSSR count). The van der Waals surface area contributed by atoms with Gasteiger partial charge in [-0.05, 0) is 23.8 Å². The average molecular weight is 310 g/mol. The summed E-state index contributed by atoms with van der Waals surface area (Å²) in [6, 6.07) is 5.16. The molecule has 0 saturated carbocycles. The van der Waals surface area contributed by atoms with Gasteiger partial charge >= 0.3 is 0 Å². The van der Waals surface area contributed by atoms with E-state index >= 15 is 0 Å². The molecule has 0 aromatic heterocycles. The number of benzene rings is 1. The maximum absolute atomic E-state index is 11.0. The molecule has 0 fully saturated rings. The third-order valence-corrected chi connectivity index (χ3v) is 5.27. The fourth-order valence-electron chi connectivity index (χ4n) is 2.63. The lowest BCUT2D eigenvalue weighted by molar-refractivity contribution is -0.384. The van der Waals surface area contributed by atoms with Crippen LogP contribution in [0, 0.1) is 15.5 Å². The molecule has 6 heteroatoms. The number of aliphatic hydroxyl groups excluding tert-OH is 1. The molecule has 0 aliphatic carbocycles. The van der Waals surface area contributed by atoms with E-state index in [2.05, 4.69) is 12.2 Å². The fraction of sp³-hybridized carbons (Fsp3) is 0.600. The van der Waals surface area contributed by atoms with Crippen LogP contribution in [-0.2, 0) is 0 Å². The van der Waals surface area contributed by atoms with Crippen molar-refractivity contribution in [1.29, 1.82) is 0 Å². The zero-order chi connectivity index (χ0) is 15.6. The molecule has 1 heterocycles. The van der Waals surface area contributed by atoms with Crippen molar-refractivity contribution >= 4 is 23.1 Å². The first-order valence-electron chi connectivity index (χ1n) is 7.16. The predicted octanol–water partition coefficient (Wildman–Crippen LogP) is 3.59. The van der Waals surface area contributed by atoms with E-state index in [4.69, 9.17) is 0 Å². The van der Waals surface area contributed by atoms with Gasteiger partial charge in [-0.3, -0.25) is 10.1 Å². The van der Waals surface area contributed by atoms with Crippen molar-refractivity contribution in [3.8, 4) is 0 Å². The summed E-state index contributed by atoms with van der Waals surface area (Å²) in [4.78, 5) is 10.6. The Hall–Kier alpha value is -1.27. The number of nitro groups is 1. The lowest BCUT2D eigenvalue weighted by atomic mass is 9.79. The van der Waals surface area contributed by atoms with Crippen LogP contribution < -0.4 is 5.32 Å². The van der Waals surface area contributed by atoms with Gasteiger partial charge in [0, 0.05) is 34.5 Å². The molecule has 1 aromatic rings. The van der Waals surface area contributed by atoms with Crippen LogP contribution in [0.3, 0.4) is 0 Å². The number of nitrogens with zero attached hydrogens (tertiary/aromatic N) is 1. The summed E-state index contributed by atoms with van der Waals surface area (Å²) < 4.78 is 0. The van der Waals surface area contributed by atoms with Crippen molar-refractivity contribution in [2.75, 3.05) is 17.7 Å². The quantitative estimate of drug-likeness (QED) is 0.642. The molecule has 5 nitrogen and oxygen atoms in total. The minimum atomic E-state index is -0.350. The first-order valence-corrected chi connectivity index (χ1v) is 8.21. The molecule has 0 radical (unpaired) electrons. The number of thioether (sulfide) groups is 1. The van der Waals surface area contributed by atoms with Crippen molar-refractivity contribution in [2.24, 2.45) is 5.41 Å². The highest BCUT2D eigenvalue weighted by atomic mass is 32.2. The number of anilines is 1. The van der Waals surface area contributed by atoms with Gasteiger partial charge in [0.15, 0.2) is 0 Å². The minimum absolute atomic E-state index is 0.108. The lowest BCUT2D eigenvalue weighted by Crippen LogP contribution is -2.42. The van der Waals surface area contributed by atoms with E-state index in [9.17, 15) is 15.2 Å². The Morgan fingerprint density at radius 1 is 1.52 bits per heavy atom. The highest BCUT2D eigenvalue weighted by molar-refractivity contribution is 7.99. The molecule has 2 N–H and O–H groups in total. The molecule has 1 aliphatic rings. The number of nitro benzene ring substituents is 1. The van der Waals surface area contributed by atoms with E-state index in [1.54, 1.807) is 23.9 Å². The van der Waals surface area contributed by atoms with Crippen molar-refractivity contribution in [1.82, 2.24) is 0 Å². The molecule has 116 valence electrons. The van der Waals surface area contributed by atoms with Crippen LogP contribution in [0.4, 0.5) is 11.4 Å². The summed E-state index contributed by atoms with van der Waals surface area (Å²) in [6.07, 6.45) is 0.861. The van der Waals surface area contributed by atoms with Crippen LogP contribution in [0.1, 0.15) is 38.0 Å². The van der Waals surface area contributed by atoms with E-state index < -0.39 is 0 Å². The number of nitrogens with one attached hydrogen (secondary N) is 1. The van der Waals surface area contributed by atoms with E-state index in [1.807, 2.05) is 13.8 Å². The van der Waals surface area contributed by atoms with E-state index in [0.717, 1.165) is 23.4 Å². The molecule has 0 bridgehead atoms. The van der Waals surface area contributed by atoms with Gasteiger partial charge in [0.1, 0.15) is 0 Å². The highest BCUT2D eigenvalue weighted by Crippen LogP contribution is 2.46. The van der Waals surface area contributed by atoms with Crippen LogP contribution in [0.5, 0.6) is 0 Å². The third kappa shape index (κ3) is 3.32. The summed E-state index contributed by atoms with van der Waals surface area (Å²) >= 11 is 1.80. The largest absolute Gasteiger partial charge is 0.396 e. The van der Waals surface area contributed by atoms with Crippen LogP contribution in [-0.4, -0.2) is 28.4 Å². The lowest BCUT2D eigenvalue weighted by Gasteiger charge is -2.40. The molecule has 0 amide bonds. The number of fused-ring (bicyclic) bond motifs is 1. The maximum Gasteiger partial charge on any atom is 0.269 e. The Labute approximate surface area is 129 Å². The van der Waals surface area contributed by atoms with Gasteiger partial charge in [-0.25, -0.2) is 0 Å². The van der Waals surface area contributed by atoms with Crippen LogP contribution in [0.2, 0.25) is 0 Å². The Balaban J connectivity index is 2.38. The molecule has 0 saturated heterocycles. The first-order chi connectivity index (χ1) is 9.89. The van der Waals surface area contributed by atoms with E-state index in [0.29, 0.717) is 0 Å². The summed E-state index contributed by atoms with van der Waals surface area (Å²) in [5, 5.41) is 24.2. The zero-order valence-electron chi connectivity index (χ0n) is 12.6. The number of aliphatic hydroxyl groups is 1. The smallest absolute Gasteiger partial charge is 0.269 e. The minimum Gasteiger partial charge on any atom is -0.396 e. The number of hydrogen-bond donors (Lipinski definition) is 2. The van der Waals surface area contributed by atoms with Crippen LogP contribution in [0.15, 0.2) is 18.2 Å². The van der Waals surface area contributed by atoms with Crippen molar-refractivity contribution in [2.45, 2.75) is 38.5 Å². The van der Waals surface area contributed by atoms with Gasteiger partial charge in [-0.1, -0.05) is 20.8 Å². The Bertz CT molecular complexity index is 534. The van der Waals surface area contributed by atoms with Gasteiger partial charge < -0.3 is 10.4 Å². The molecule has 1 aromatic carbocycles. The Morgan fingerprint density at radius 2 is 2.24 bits per heavy atom. The highest BCUT2D eigenvalue weighted by Gasteiger charge is 2.36. The van der Waals surface area contributed by atoms with Crippen molar-refractivity contribution in [3.63, 3.8) is 0 Å². The normalized spacial score (nSPS) is 21.5. The fourth-order valence-corrected chi connectivity index (χ4v) is 3.74. The van der Waals surface area contributed by atoms with Crippen molar-refractivity contribution in [3.05, 3.63) is 33.9 Å². The third-order valence-electron chi connectivity index (χ3n) is 4.09. The second-order valence-electron chi connectivity index (χ2n) is 6.05. The van der Waals surface area contributed by atoms with Gasteiger partial charge in [-0.15, -0.1) is 0 Å². The number of non-ortho nitro benzene ring substituents is 1. The Morgan fingerprint density at radius 3 is 2.81 bits per heavy atom. The predicted molar refractivity (Wildman–Crippen MR) is 86.9 cm³/mol. The summed E-state index contributed by atoms with van der Waals surface area (Å²) in [6.45, 7) is 6.27. The second kappa shape index (κ2) is 6.23. The summed E-state index contributed by atoms with van der Waals surface area (Å²) in [5.41, 5.74) is 1.86. The standard InChI is InChI=1S/C15H22N2O3S/c1-4-21-13-8-14(15(2,3)9-18)16-12-6-5-10(17(19)20)7-11(12)13/h5-7,13-14,16,18H,4,8-9H2,1-3H3. The van der Waals surface area contributed by atoms with Crippen molar-refractivity contribution < 1.29 is 10.0 Å². The molecule has 1 aliphatic heterocycles. The van der Waals surface area contributed by atoms with Gasteiger partial charge in [0.2, 0.25) is 0 Å². The topological polar surface area (TPSA) is 75.4 Å². The van der Waals surface area contributed by atoms with Crippen LogP contribution in [0.25, 0.3) is 0 Å². The average Bonchev–Trinajstić information content (AvgIpc) is 2.46. The molecule has 2 atom stereocenters. The maximum atomic E-state index is 11.0. The van der Waals surface area contributed by atoms with Crippen LogP contribution >= 0.6 is 11.8 Å². The summed E-state index contributed by atoms with van der Waals surface area (Å²) in [7, 11) is 0. The number of hydrogen-bond acceptors (Lipinski definition) is 5. The molecular weight excluding hydrogens is 288 g/mol. The van der Waals surface area contributed by atoms with E-state index in [1.165, 1.54) is 6.07 Å². The monoisotopic (exact) mass is 310 g/mol. The molecule has 0 spiro atoms. The van der Waals surface area contributed by atoms with Gasteiger partial charge in [-0.2, -0.15) is 11.8 Å². The van der Waals surface area contributed by atoms with Gasteiger partial charge in [0.05, 0.1) is 11.5 Å². The second-order valence-corrected chi connectivity index (χ2v) is 7.53.